The van der Waals surface area contributed by atoms with Gasteiger partial charge in [0.2, 0.25) is 0 Å². The summed E-state index contributed by atoms with van der Waals surface area (Å²) in [5, 5.41) is 0.623. The predicted octanol–water partition coefficient (Wildman–Crippen LogP) is 2.33. The first kappa shape index (κ1) is 11.9. The maximum atomic E-state index is 12.1. The third-order valence-electron chi connectivity index (χ3n) is 2.51. The molecule has 1 aromatic carbocycles. The zero-order valence-corrected chi connectivity index (χ0v) is 10.0. The van der Waals surface area contributed by atoms with Gasteiger partial charge in [0, 0.05) is 23.0 Å². The van der Waals surface area contributed by atoms with Gasteiger partial charge in [-0.2, -0.15) is 0 Å². The fourth-order valence-corrected chi connectivity index (χ4v) is 1.75. The lowest BCUT2D eigenvalue weighted by molar-refractivity contribution is 0.0960. The number of aromatic nitrogens is 1. The first-order valence-corrected chi connectivity index (χ1v) is 5.75. The molecule has 2 N–H and O–H groups in total. The number of carbonyl (C=O) groups excluding carboxylic acids is 1. The Labute approximate surface area is 105 Å². The quantitative estimate of drug-likeness (QED) is 0.906. The van der Waals surface area contributed by atoms with Gasteiger partial charge in [-0.3, -0.25) is 9.36 Å². The Balaban J connectivity index is 2.21. The molecule has 0 bridgehead atoms. The van der Waals surface area contributed by atoms with Gasteiger partial charge in [0.1, 0.15) is 0 Å². The summed E-state index contributed by atoms with van der Waals surface area (Å²) in [5.74, 6) is -0.0649. The lowest BCUT2D eigenvalue weighted by atomic mass is 10.2. The average Bonchev–Trinajstić information content (AvgIpc) is 2.78. The SMILES string of the molecule is NCCc1ccn(C(=O)c2ccc(Cl)cc2)c1. The van der Waals surface area contributed by atoms with Crippen LogP contribution in [-0.4, -0.2) is 17.0 Å². The van der Waals surface area contributed by atoms with Crippen LogP contribution in [-0.2, 0) is 6.42 Å². The van der Waals surface area contributed by atoms with Crippen LogP contribution in [0.4, 0.5) is 0 Å². The standard InChI is InChI=1S/C13H13ClN2O/c14-12-3-1-11(2-4-12)13(17)16-8-6-10(9-16)5-7-15/h1-4,6,8-9H,5,7,15H2. The van der Waals surface area contributed by atoms with Gasteiger partial charge < -0.3 is 5.73 Å². The highest BCUT2D eigenvalue weighted by Gasteiger charge is 2.08. The number of benzene rings is 1. The monoisotopic (exact) mass is 248 g/mol. The van der Waals surface area contributed by atoms with E-state index in [0.717, 1.165) is 12.0 Å². The highest BCUT2D eigenvalue weighted by Crippen LogP contribution is 2.12. The van der Waals surface area contributed by atoms with Gasteiger partial charge in [-0.1, -0.05) is 11.6 Å². The summed E-state index contributed by atoms with van der Waals surface area (Å²) in [6.45, 7) is 0.582. The normalized spacial score (nSPS) is 10.5. The maximum Gasteiger partial charge on any atom is 0.261 e. The van der Waals surface area contributed by atoms with Crippen molar-refractivity contribution >= 4 is 17.5 Å². The smallest absolute Gasteiger partial charge is 0.261 e. The van der Waals surface area contributed by atoms with Crippen LogP contribution in [0.25, 0.3) is 0 Å². The zero-order valence-electron chi connectivity index (χ0n) is 9.27. The largest absolute Gasteiger partial charge is 0.330 e. The molecule has 17 heavy (non-hydrogen) atoms. The van der Waals surface area contributed by atoms with Crippen molar-refractivity contribution in [2.24, 2.45) is 5.73 Å². The van der Waals surface area contributed by atoms with Crippen LogP contribution < -0.4 is 5.73 Å². The molecular formula is C13H13ClN2O. The summed E-state index contributed by atoms with van der Waals surface area (Å²) in [5.41, 5.74) is 7.14. The average molecular weight is 249 g/mol. The van der Waals surface area contributed by atoms with E-state index in [1.165, 1.54) is 0 Å². The molecular weight excluding hydrogens is 236 g/mol. The lowest BCUT2D eigenvalue weighted by Crippen LogP contribution is -2.09. The summed E-state index contributed by atoms with van der Waals surface area (Å²) in [7, 11) is 0. The van der Waals surface area contributed by atoms with Crippen molar-refractivity contribution in [1.82, 2.24) is 4.57 Å². The Hall–Kier alpha value is -1.58. The second-order valence-electron chi connectivity index (χ2n) is 3.78. The topological polar surface area (TPSA) is 48.0 Å². The molecule has 0 unspecified atom stereocenters. The molecule has 0 radical (unpaired) electrons. The van der Waals surface area contributed by atoms with Gasteiger partial charge >= 0.3 is 0 Å². The van der Waals surface area contributed by atoms with Crippen molar-refractivity contribution in [1.29, 1.82) is 0 Å². The molecule has 0 atom stereocenters. The molecule has 1 aromatic heterocycles. The van der Waals surface area contributed by atoms with Crippen LogP contribution in [0.1, 0.15) is 15.9 Å². The molecule has 4 heteroatoms. The molecule has 0 fully saturated rings. The summed E-state index contributed by atoms with van der Waals surface area (Å²) >= 11 is 5.78. The maximum absolute atomic E-state index is 12.1. The second kappa shape index (κ2) is 5.17. The van der Waals surface area contributed by atoms with Crippen LogP contribution in [0.2, 0.25) is 5.02 Å². The van der Waals surface area contributed by atoms with E-state index in [0.29, 0.717) is 17.1 Å². The number of rotatable bonds is 3. The van der Waals surface area contributed by atoms with Crippen molar-refractivity contribution in [2.45, 2.75) is 6.42 Å². The first-order valence-electron chi connectivity index (χ1n) is 5.38. The number of carbonyl (C=O) groups is 1. The van der Waals surface area contributed by atoms with E-state index in [4.69, 9.17) is 17.3 Å². The number of halogens is 1. The van der Waals surface area contributed by atoms with Crippen LogP contribution >= 0.6 is 11.6 Å². The van der Waals surface area contributed by atoms with Crippen molar-refractivity contribution in [3.63, 3.8) is 0 Å². The van der Waals surface area contributed by atoms with E-state index in [9.17, 15) is 4.79 Å². The van der Waals surface area contributed by atoms with Crippen molar-refractivity contribution in [3.05, 3.63) is 58.9 Å². The van der Waals surface area contributed by atoms with E-state index in [2.05, 4.69) is 0 Å². The zero-order chi connectivity index (χ0) is 12.3. The summed E-state index contributed by atoms with van der Waals surface area (Å²) < 4.78 is 1.56. The van der Waals surface area contributed by atoms with E-state index >= 15 is 0 Å². The molecule has 0 saturated heterocycles. The fourth-order valence-electron chi connectivity index (χ4n) is 1.62. The molecule has 1 heterocycles. The van der Waals surface area contributed by atoms with Crippen molar-refractivity contribution in [3.8, 4) is 0 Å². The third kappa shape index (κ3) is 2.75. The number of hydrogen-bond donors (Lipinski definition) is 1. The molecule has 0 aliphatic rings. The Morgan fingerprint density at radius 3 is 2.59 bits per heavy atom. The molecule has 0 aliphatic heterocycles. The molecule has 2 rings (SSSR count). The van der Waals surface area contributed by atoms with E-state index in [1.807, 2.05) is 12.3 Å². The molecule has 88 valence electrons. The molecule has 2 aromatic rings. The minimum atomic E-state index is -0.0649. The van der Waals surface area contributed by atoms with Gasteiger partial charge in [0.05, 0.1) is 0 Å². The van der Waals surface area contributed by atoms with E-state index in [1.54, 1.807) is 35.0 Å². The fraction of sp³-hybridized carbons (Fsp3) is 0.154. The summed E-state index contributed by atoms with van der Waals surface area (Å²) in [4.78, 5) is 12.1. The Kier molecular flexibility index (Phi) is 3.61. The molecule has 0 aliphatic carbocycles. The lowest BCUT2D eigenvalue weighted by Gasteiger charge is -2.01. The number of nitrogens with zero attached hydrogens (tertiary/aromatic N) is 1. The Morgan fingerprint density at radius 1 is 1.24 bits per heavy atom. The highest BCUT2D eigenvalue weighted by molar-refractivity contribution is 6.30. The van der Waals surface area contributed by atoms with E-state index < -0.39 is 0 Å². The van der Waals surface area contributed by atoms with Crippen molar-refractivity contribution in [2.75, 3.05) is 6.54 Å². The highest BCUT2D eigenvalue weighted by atomic mass is 35.5. The minimum Gasteiger partial charge on any atom is -0.330 e. The summed E-state index contributed by atoms with van der Waals surface area (Å²) in [6, 6.07) is 8.75. The summed E-state index contributed by atoms with van der Waals surface area (Å²) in [6.07, 6.45) is 4.34. The third-order valence-corrected chi connectivity index (χ3v) is 2.76. The molecule has 3 nitrogen and oxygen atoms in total. The van der Waals surface area contributed by atoms with Gasteiger partial charge in [0.25, 0.3) is 5.91 Å². The number of nitrogens with two attached hydrogens (primary N) is 1. The molecule has 0 amide bonds. The van der Waals surface area contributed by atoms with Crippen molar-refractivity contribution < 1.29 is 4.79 Å². The minimum absolute atomic E-state index is 0.0649. The Morgan fingerprint density at radius 2 is 1.94 bits per heavy atom. The first-order chi connectivity index (χ1) is 8.20. The molecule has 0 saturated carbocycles. The number of hydrogen-bond acceptors (Lipinski definition) is 2. The van der Waals surface area contributed by atoms with Gasteiger partial charge in [-0.05, 0) is 48.9 Å². The van der Waals surface area contributed by atoms with E-state index in [-0.39, 0.29) is 5.91 Å². The van der Waals surface area contributed by atoms with Crippen LogP contribution in [0.3, 0.4) is 0 Å². The molecule has 0 spiro atoms. The van der Waals surface area contributed by atoms with Crippen LogP contribution in [0, 0.1) is 0 Å². The van der Waals surface area contributed by atoms with Crippen LogP contribution in [0.15, 0.2) is 42.7 Å². The Bertz CT molecular complexity index is 516. The van der Waals surface area contributed by atoms with Gasteiger partial charge in [-0.15, -0.1) is 0 Å². The van der Waals surface area contributed by atoms with Gasteiger partial charge in [0.15, 0.2) is 0 Å². The predicted molar refractivity (Wildman–Crippen MR) is 68.4 cm³/mol. The second-order valence-corrected chi connectivity index (χ2v) is 4.21. The van der Waals surface area contributed by atoms with Crippen LogP contribution in [0.5, 0.6) is 0 Å². The van der Waals surface area contributed by atoms with Gasteiger partial charge in [-0.25, -0.2) is 0 Å².